The number of amides is 2. The van der Waals surface area contributed by atoms with Gasteiger partial charge in [-0.15, -0.1) is 0 Å². The Morgan fingerprint density at radius 1 is 0.816 bits per heavy atom. The molecule has 8 nitrogen and oxygen atoms in total. The highest BCUT2D eigenvalue weighted by molar-refractivity contribution is 5.99. The van der Waals surface area contributed by atoms with Gasteiger partial charge in [0.15, 0.2) is 0 Å². The number of hydrogen-bond donors (Lipinski definition) is 4. The summed E-state index contributed by atoms with van der Waals surface area (Å²) in [5, 5.41) is 22.7. The molecule has 1 atom stereocenters. The minimum Gasteiger partial charge on any atom is -0.465 e. The Bertz CT molecular complexity index is 1280. The van der Waals surface area contributed by atoms with Crippen molar-refractivity contribution in [1.82, 2.24) is 15.1 Å². The number of anilines is 2. The van der Waals surface area contributed by atoms with Crippen LogP contribution in [-0.2, 0) is 17.4 Å². The lowest BCUT2D eigenvalue weighted by Crippen LogP contribution is -2.51. The Labute approximate surface area is 222 Å². The topological polar surface area (TPSA) is 108 Å². The van der Waals surface area contributed by atoms with E-state index >= 15 is 0 Å². The Morgan fingerprint density at radius 3 is 1.66 bits per heavy atom. The van der Waals surface area contributed by atoms with Crippen LogP contribution in [0.15, 0.2) is 97.2 Å². The fourth-order valence-electron chi connectivity index (χ4n) is 4.64. The van der Waals surface area contributed by atoms with Crippen LogP contribution in [-0.4, -0.2) is 32.9 Å². The Kier molecular flexibility index (Phi) is 7.52. The molecule has 0 spiro atoms. The summed E-state index contributed by atoms with van der Waals surface area (Å²) in [4.78, 5) is 24.8. The van der Waals surface area contributed by atoms with E-state index in [0.717, 1.165) is 16.7 Å². The monoisotopic (exact) mass is 511 g/mol. The third-order valence-electron chi connectivity index (χ3n) is 6.52. The van der Waals surface area contributed by atoms with Crippen molar-refractivity contribution >= 4 is 23.5 Å². The van der Waals surface area contributed by atoms with E-state index in [0.29, 0.717) is 11.5 Å². The summed E-state index contributed by atoms with van der Waals surface area (Å²) in [6.45, 7) is 5.42. The second-order valence-electron chi connectivity index (χ2n) is 10.2. The van der Waals surface area contributed by atoms with Crippen LogP contribution in [0.1, 0.15) is 37.5 Å². The van der Waals surface area contributed by atoms with Gasteiger partial charge in [0, 0.05) is 7.05 Å². The van der Waals surface area contributed by atoms with Crippen molar-refractivity contribution in [3.63, 3.8) is 0 Å². The average Bonchev–Trinajstić information content (AvgIpc) is 3.24. The molecule has 196 valence electrons. The molecular weight excluding hydrogens is 478 g/mol. The van der Waals surface area contributed by atoms with Gasteiger partial charge in [0.25, 0.3) is 0 Å². The SMILES string of the molecule is Cn1ncc(NC(=O)C(NC(=O)O)C(C)(C)C)c1NC(c1ccccc1)(c1ccccc1)c1ccccc1. The van der Waals surface area contributed by atoms with Gasteiger partial charge in [-0.25, -0.2) is 4.79 Å². The highest BCUT2D eigenvalue weighted by Crippen LogP contribution is 2.41. The maximum Gasteiger partial charge on any atom is 0.405 e. The largest absolute Gasteiger partial charge is 0.465 e. The number of hydrogen-bond acceptors (Lipinski definition) is 4. The zero-order valence-corrected chi connectivity index (χ0v) is 22.0. The van der Waals surface area contributed by atoms with Gasteiger partial charge in [-0.05, 0) is 22.1 Å². The molecule has 8 heteroatoms. The van der Waals surface area contributed by atoms with Gasteiger partial charge in [0.1, 0.15) is 23.1 Å². The second-order valence-corrected chi connectivity index (χ2v) is 10.2. The molecular formula is C30H33N5O3. The molecule has 4 N–H and O–H groups in total. The molecule has 0 aliphatic heterocycles. The van der Waals surface area contributed by atoms with Crippen molar-refractivity contribution < 1.29 is 14.7 Å². The molecule has 0 aliphatic rings. The summed E-state index contributed by atoms with van der Waals surface area (Å²) >= 11 is 0. The first-order chi connectivity index (χ1) is 18.1. The van der Waals surface area contributed by atoms with Gasteiger partial charge in [-0.1, -0.05) is 112 Å². The fraction of sp³-hybridized carbons (Fsp3) is 0.233. The third kappa shape index (κ3) is 5.39. The van der Waals surface area contributed by atoms with E-state index in [-0.39, 0.29) is 0 Å². The van der Waals surface area contributed by atoms with Gasteiger partial charge in [0.05, 0.1) is 6.20 Å². The summed E-state index contributed by atoms with van der Waals surface area (Å²) in [5.41, 5.74) is 1.94. The first-order valence-electron chi connectivity index (χ1n) is 12.4. The number of carboxylic acid groups (broad SMARTS) is 1. The standard InChI is InChI=1S/C30H33N5O3/c1-29(2,3)25(33-28(37)38)27(36)32-24-20-31-35(4)26(24)34-30(21-14-8-5-9-15-21,22-16-10-6-11-17-22)23-18-12-7-13-19-23/h5-20,25,33-34H,1-4H3,(H,32,36)(H,37,38). The van der Waals surface area contributed by atoms with Crippen molar-refractivity contribution in [3.05, 3.63) is 114 Å². The van der Waals surface area contributed by atoms with Crippen molar-refractivity contribution in [1.29, 1.82) is 0 Å². The minimum absolute atomic E-state index is 0.436. The molecule has 0 fully saturated rings. The zero-order chi connectivity index (χ0) is 27.3. The fourth-order valence-corrected chi connectivity index (χ4v) is 4.64. The van der Waals surface area contributed by atoms with Crippen LogP contribution in [0.5, 0.6) is 0 Å². The molecule has 0 saturated carbocycles. The Morgan fingerprint density at radius 2 is 1.26 bits per heavy atom. The van der Waals surface area contributed by atoms with Crippen molar-refractivity contribution in [2.24, 2.45) is 12.5 Å². The molecule has 4 rings (SSSR count). The maximum atomic E-state index is 13.3. The predicted octanol–water partition coefficient (Wildman–Crippen LogP) is 5.44. The number of benzene rings is 3. The van der Waals surface area contributed by atoms with Gasteiger partial charge in [0.2, 0.25) is 5.91 Å². The summed E-state index contributed by atoms with van der Waals surface area (Å²) in [6.07, 6.45) is 0.299. The summed E-state index contributed by atoms with van der Waals surface area (Å²) < 4.78 is 1.66. The van der Waals surface area contributed by atoms with E-state index in [1.807, 2.05) is 54.6 Å². The van der Waals surface area contributed by atoms with Gasteiger partial charge < -0.3 is 21.1 Å². The highest BCUT2D eigenvalue weighted by Gasteiger charge is 2.39. The Balaban J connectivity index is 1.85. The first-order valence-corrected chi connectivity index (χ1v) is 12.4. The second kappa shape index (κ2) is 10.8. The van der Waals surface area contributed by atoms with E-state index in [1.54, 1.807) is 38.7 Å². The van der Waals surface area contributed by atoms with E-state index in [4.69, 9.17) is 0 Å². The summed E-state index contributed by atoms with van der Waals surface area (Å²) in [5.74, 6) is 0.0959. The third-order valence-corrected chi connectivity index (χ3v) is 6.52. The molecule has 0 radical (unpaired) electrons. The smallest absolute Gasteiger partial charge is 0.405 e. The predicted molar refractivity (Wildman–Crippen MR) is 149 cm³/mol. The molecule has 3 aromatic carbocycles. The van der Waals surface area contributed by atoms with Crippen molar-refractivity contribution in [2.75, 3.05) is 10.6 Å². The van der Waals surface area contributed by atoms with E-state index in [2.05, 4.69) is 57.4 Å². The maximum absolute atomic E-state index is 13.3. The lowest BCUT2D eigenvalue weighted by atomic mass is 9.77. The van der Waals surface area contributed by atoms with Crippen LogP contribution < -0.4 is 16.0 Å². The quantitative estimate of drug-likeness (QED) is 0.236. The summed E-state index contributed by atoms with van der Waals surface area (Å²) in [7, 11) is 1.79. The van der Waals surface area contributed by atoms with Gasteiger partial charge in [-0.2, -0.15) is 5.10 Å². The van der Waals surface area contributed by atoms with E-state index < -0.39 is 29.0 Å². The van der Waals surface area contributed by atoms with Crippen LogP contribution in [0, 0.1) is 5.41 Å². The van der Waals surface area contributed by atoms with Crippen LogP contribution in [0.4, 0.5) is 16.3 Å². The number of nitrogens with one attached hydrogen (secondary N) is 3. The van der Waals surface area contributed by atoms with Gasteiger partial charge >= 0.3 is 6.09 Å². The van der Waals surface area contributed by atoms with Crippen LogP contribution in [0.3, 0.4) is 0 Å². The lowest BCUT2D eigenvalue weighted by Gasteiger charge is -2.38. The number of carbonyl (C=O) groups excluding carboxylic acids is 1. The summed E-state index contributed by atoms with van der Waals surface area (Å²) in [6, 6.07) is 29.3. The molecule has 0 saturated heterocycles. The minimum atomic E-state index is -1.26. The van der Waals surface area contributed by atoms with E-state index in [1.165, 1.54) is 0 Å². The number of nitrogens with zero attached hydrogens (tertiary/aromatic N) is 2. The number of aromatic nitrogens is 2. The Hall–Kier alpha value is -4.59. The van der Waals surface area contributed by atoms with Crippen molar-refractivity contribution in [2.45, 2.75) is 32.4 Å². The van der Waals surface area contributed by atoms with Gasteiger partial charge in [-0.3, -0.25) is 9.48 Å². The molecule has 0 bridgehead atoms. The lowest BCUT2D eigenvalue weighted by molar-refractivity contribution is -0.120. The highest BCUT2D eigenvalue weighted by atomic mass is 16.4. The van der Waals surface area contributed by atoms with Crippen LogP contribution in [0.25, 0.3) is 0 Å². The molecule has 1 unspecified atom stereocenters. The molecule has 4 aromatic rings. The van der Waals surface area contributed by atoms with Crippen LogP contribution >= 0.6 is 0 Å². The average molecular weight is 512 g/mol. The molecule has 0 aliphatic carbocycles. The zero-order valence-electron chi connectivity index (χ0n) is 22.0. The molecule has 1 heterocycles. The molecule has 2 amide bonds. The first kappa shape index (κ1) is 26.5. The number of carbonyl (C=O) groups is 2. The molecule has 38 heavy (non-hydrogen) atoms. The van der Waals surface area contributed by atoms with E-state index in [9.17, 15) is 14.7 Å². The van der Waals surface area contributed by atoms with Crippen LogP contribution in [0.2, 0.25) is 0 Å². The number of aryl methyl sites for hydroxylation is 1. The van der Waals surface area contributed by atoms with Crippen molar-refractivity contribution in [3.8, 4) is 0 Å². The number of rotatable bonds is 8. The normalized spacial score (nSPS) is 12.4. The molecule has 1 aromatic heterocycles.